The van der Waals surface area contributed by atoms with Gasteiger partial charge in [0.25, 0.3) is 0 Å². The standard InChI is InChI=1S/C13H11BrClNO2S/c14-11-6-10(19-13(11)15)7-16(8-12(17)18)9-4-2-1-3-5-9/h1-6H,7-8H2,(H,17,18). The molecule has 0 radical (unpaired) electrons. The number of thiophene rings is 1. The largest absolute Gasteiger partial charge is 0.480 e. The molecule has 0 spiro atoms. The summed E-state index contributed by atoms with van der Waals surface area (Å²) in [6.07, 6.45) is 0. The summed E-state index contributed by atoms with van der Waals surface area (Å²) in [6.45, 7) is 0.476. The summed E-state index contributed by atoms with van der Waals surface area (Å²) in [7, 11) is 0. The number of halogens is 2. The number of carboxylic acid groups (broad SMARTS) is 1. The van der Waals surface area contributed by atoms with Gasteiger partial charge >= 0.3 is 5.97 Å². The first kappa shape index (κ1) is 14.4. The maximum Gasteiger partial charge on any atom is 0.323 e. The number of carboxylic acids is 1. The van der Waals surface area contributed by atoms with Crippen LogP contribution in [0.15, 0.2) is 40.9 Å². The van der Waals surface area contributed by atoms with Crippen molar-refractivity contribution >= 4 is 50.5 Å². The summed E-state index contributed by atoms with van der Waals surface area (Å²) in [5.74, 6) is -0.856. The number of benzene rings is 1. The highest BCUT2D eigenvalue weighted by molar-refractivity contribution is 9.10. The molecule has 100 valence electrons. The Labute approximate surface area is 128 Å². The zero-order valence-corrected chi connectivity index (χ0v) is 13.0. The van der Waals surface area contributed by atoms with Gasteiger partial charge in [0.2, 0.25) is 0 Å². The van der Waals surface area contributed by atoms with Crippen LogP contribution in [0.2, 0.25) is 4.34 Å². The molecule has 1 N–H and O–H groups in total. The van der Waals surface area contributed by atoms with Crippen LogP contribution in [0.3, 0.4) is 0 Å². The van der Waals surface area contributed by atoms with Gasteiger partial charge in [-0.15, -0.1) is 11.3 Å². The van der Waals surface area contributed by atoms with E-state index in [9.17, 15) is 4.79 Å². The molecule has 1 aromatic carbocycles. The van der Waals surface area contributed by atoms with Crippen LogP contribution in [-0.4, -0.2) is 17.6 Å². The maximum atomic E-state index is 11.0. The van der Waals surface area contributed by atoms with Crippen LogP contribution in [0.5, 0.6) is 0 Å². The van der Waals surface area contributed by atoms with Crippen LogP contribution in [-0.2, 0) is 11.3 Å². The second kappa shape index (κ2) is 6.41. The lowest BCUT2D eigenvalue weighted by molar-refractivity contribution is -0.135. The number of rotatable bonds is 5. The van der Waals surface area contributed by atoms with Gasteiger partial charge in [-0.1, -0.05) is 29.8 Å². The molecular weight excluding hydrogens is 350 g/mol. The number of hydrogen-bond donors (Lipinski definition) is 1. The molecule has 2 rings (SSSR count). The zero-order chi connectivity index (χ0) is 13.8. The van der Waals surface area contributed by atoms with Crippen molar-refractivity contribution in [2.24, 2.45) is 0 Å². The minimum atomic E-state index is -0.856. The quantitative estimate of drug-likeness (QED) is 0.866. The van der Waals surface area contributed by atoms with E-state index in [1.165, 1.54) is 11.3 Å². The van der Waals surface area contributed by atoms with Gasteiger partial charge in [0.15, 0.2) is 0 Å². The summed E-state index contributed by atoms with van der Waals surface area (Å²) in [4.78, 5) is 13.8. The maximum absolute atomic E-state index is 11.0. The van der Waals surface area contributed by atoms with Gasteiger partial charge < -0.3 is 10.0 Å². The molecule has 0 saturated carbocycles. The number of aliphatic carboxylic acids is 1. The molecule has 0 atom stereocenters. The number of carbonyl (C=O) groups is 1. The second-order valence-corrected chi connectivity index (χ2v) is 6.51. The summed E-state index contributed by atoms with van der Waals surface area (Å²) in [5, 5.41) is 9.01. The molecule has 6 heteroatoms. The molecule has 0 fully saturated rings. The minimum absolute atomic E-state index is 0.0445. The minimum Gasteiger partial charge on any atom is -0.480 e. The topological polar surface area (TPSA) is 40.5 Å². The average molecular weight is 361 g/mol. The Balaban J connectivity index is 2.21. The van der Waals surface area contributed by atoms with Crippen LogP contribution in [0, 0.1) is 0 Å². The Morgan fingerprint density at radius 2 is 2.05 bits per heavy atom. The molecule has 3 nitrogen and oxygen atoms in total. The third-order valence-electron chi connectivity index (χ3n) is 2.49. The van der Waals surface area contributed by atoms with Gasteiger partial charge in [-0.3, -0.25) is 4.79 Å². The summed E-state index contributed by atoms with van der Waals surface area (Å²) >= 11 is 10.8. The van der Waals surface area contributed by atoms with Gasteiger partial charge in [-0.2, -0.15) is 0 Å². The fraction of sp³-hybridized carbons (Fsp3) is 0.154. The first-order valence-electron chi connectivity index (χ1n) is 5.52. The molecule has 0 aliphatic heterocycles. The first-order valence-corrected chi connectivity index (χ1v) is 7.50. The molecule has 19 heavy (non-hydrogen) atoms. The molecular formula is C13H11BrClNO2S. The van der Waals surface area contributed by atoms with Crippen LogP contribution in [0.1, 0.15) is 4.88 Å². The fourth-order valence-corrected chi connectivity index (χ4v) is 3.50. The number of nitrogens with zero attached hydrogens (tertiary/aromatic N) is 1. The fourth-order valence-electron chi connectivity index (χ4n) is 1.70. The zero-order valence-electron chi connectivity index (χ0n) is 9.85. The Morgan fingerprint density at radius 1 is 1.37 bits per heavy atom. The van der Waals surface area contributed by atoms with E-state index < -0.39 is 5.97 Å². The van der Waals surface area contributed by atoms with Crippen LogP contribution >= 0.6 is 38.9 Å². The molecule has 1 heterocycles. The highest BCUT2D eigenvalue weighted by atomic mass is 79.9. The van der Waals surface area contributed by atoms with Crippen molar-refractivity contribution in [3.8, 4) is 0 Å². The predicted octanol–water partition coefficient (Wildman–Crippen LogP) is 4.26. The van der Waals surface area contributed by atoms with E-state index in [2.05, 4.69) is 15.9 Å². The Morgan fingerprint density at radius 3 is 2.58 bits per heavy atom. The molecule has 2 aromatic rings. The number of para-hydroxylation sites is 1. The van der Waals surface area contributed by atoms with Gasteiger partial charge in [-0.25, -0.2) is 0 Å². The van der Waals surface area contributed by atoms with Gasteiger partial charge in [-0.05, 0) is 34.1 Å². The molecule has 0 aliphatic rings. The van der Waals surface area contributed by atoms with E-state index in [1.807, 2.05) is 36.4 Å². The predicted molar refractivity (Wildman–Crippen MR) is 82.2 cm³/mol. The van der Waals surface area contributed by atoms with E-state index in [1.54, 1.807) is 4.90 Å². The lowest BCUT2D eigenvalue weighted by atomic mass is 10.2. The third kappa shape index (κ3) is 3.96. The van der Waals surface area contributed by atoms with Crippen molar-refractivity contribution in [2.75, 3.05) is 11.4 Å². The van der Waals surface area contributed by atoms with Crippen molar-refractivity contribution in [1.29, 1.82) is 0 Å². The van der Waals surface area contributed by atoms with Gasteiger partial charge in [0.05, 0.1) is 6.54 Å². The van der Waals surface area contributed by atoms with E-state index in [4.69, 9.17) is 16.7 Å². The van der Waals surface area contributed by atoms with Crippen molar-refractivity contribution in [2.45, 2.75) is 6.54 Å². The smallest absolute Gasteiger partial charge is 0.323 e. The molecule has 1 aromatic heterocycles. The first-order chi connectivity index (χ1) is 9.06. The van der Waals surface area contributed by atoms with Crippen LogP contribution in [0.4, 0.5) is 5.69 Å². The highest BCUT2D eigenvalue weighted by Gasteiger charge is 2.13. The van der Waals surface area contributed by atoms with Crippen molar-refractivity contribution in [3.63, 3.8) is 0 Å². The van der Waals surface area contributed by atoms with E-state index in [0.717, 1.165) is 15.0 Å². The Kier molecular flexibility index (Phi) is 4.85. The summed E-state index contributed by atoms with van der Waals surface area (Å²) < 4.78 is 1.52. The van der Waals surface area contributed by atoms with Crippen LogP contribution < -0.4 is 4.90 Å². The summed E-state index contributed by atoms with van der Waals surface area (Å²) in [6, 6.07) is 11.4. The number of anilines is 1. The Hall–Kier alpha value is -1.04. The van der Waals surface area contributed by atoms with E-state index >= 15 is 0 Å². The molecule has 0 amide bonds. The van der Waals surface area contributed by atoms with Gasteiger partial charge in [0.1, 0.15) is 10.9 Å². The highest BCUT2D eigenvalue weighted by Crippen LogP contribution is 2.33. The Bertz CT molecular complexity index is 554. The SMILES string of the molecule is O=C(O)CN(Cc1cc(Br)c(Cl)s1)c1ccccc1. The normalized spacial score (nSPS) is 10.4. The lowest BCUT2D eigenvalue weighted by Gasteiger charge is -2.22. The van der Waals surface area contributed by atoms with Crippen LogP contribution in [0.25, 0.3) is 0 Å². The molecule has 0 aliphatic carbocycles. The summed E-state index contributed by atoms with van der Waals surface area (Å²) in [5.41, 5.74) is 0.880. The van der Waals surface area contributed by atoms with E-state index in [-0.39, 0.29) is 6.54 Å². The second-order valence-electron chi connectivity index (χ2n) is 3.92. The third-order valence-corrected chi connectivity index (χ3v) is 4.95. The average Bonchev–Trinajstić information content (AvgIpc) is 2.68. The van der Waals surface area contributed by atoms with Gasteiger partial charge in [0, 0.05) is 15.0 Å². The van der Waals surface area contributed by atoms with Crippen molar-refractivity contribution in [3.05, 3.63) is 50.1 Å². The molecule has 0 unspecified atom stereocenters. The van der Waals surface area contributed by atoms with Crippen molar-refractivity contribution < 1.29 is 9.90 Å². The lowest BCUT2D eigenvalue weighted by Crippen LogP contribution is -2.28. The number of hydrogen-bond acceptors (Lipinski definition) is 3. The molecule has 0 saturated heterocycles. The van der Waals surface area contributed by atoms with Crippen molar-refractivity contribution in [1.82, 2.24) is 0 Å². The monoisotopic (exact) mass is 359 g/mol. The van der Waals surface area contributed by atoms with E-state index in [0.29, 0.717) is 10.9 Å². The molecule has 0 bridgehead atoms.